The molecule has 0 fully saturated rings. The van der Waals surface area contributed by atoms with Gasteiger partial charge in [0.15, 0.2) is 11.6 Å². The van der Waals surface area contributed by atoms with Crippen molar-refractivity contribution >= 4 is 10.9 Å². The van der Waals surface area contributed by atoms with Crippen LogP contribution < -0.4 is 0 Å². The topological polar surface area (TPSA) is 51.6 Å². The van der Waals surface area contributed by atoms with Gasteiger partial charge in [0.1, 0.15) is 0 Å². The van der Waals surface area contributed by atoms with Gasteiger partial charge >= 0.3 is 0 Å². The van der Waals surface area contributed by atoms with Crippen LogP contribution in [0.25, 0.3) is 78.6 Å². The molecule has 9 rings (SSSR count). The summed E-state index contributed by atoms with van der Waals surface area (Å²) in [7, 11) is 0. The van der Waals surface area contributed by atoms with E-state index < -0.39 is 0 Å². The first-order valence-electron chi connectivity index (χ1n) is 16.7. The van der Waals surface area contributed by atoms with E-state index in [4.69, 9.17) is 19.9 Å². The van der Waals surface area contributed by atoms with Crippen LogP contribution in [0.4, 0.5) is 0 Å². The molecule has 2 heterocycles. The molecule has 2 aromatic heterocycles. The summed E-state index contributed by atoms with van der Waals surface area (Å²) in [6.45, 7) is 4.65. The van der Waals surface area contributed by atoms with Crippen molar-refractivity contribution in [1.29, 1.82) is 0 Å². The molecule has 0 radical (unpaired) electrons. The van der Waals surface area contributed by atoms with Gasteiger partial charge in [0.25, 0.3) is 0 Å². The van der Waals surface area contributed by atoms with E-state index in [9.17, 15) is 0 Å². The summed E-state index contributed by atoms with van der Waals surface area (Å²) < 4.78 is 0. The normalized spacial score (nSPS) is 12.9. The highest BCUT2D eigenvalue weighted by atomic mass is 14.9. The lowest BCUT2D eigenvalue weighted by atomic mass is 9.79. The van der Waals surface area contributed by atoms with Gasteiger partial charge in [0, 0.05) is 38.6 Å². The Morgan fingerprint density at radius 2 is 0.939 bits per heavy atom. The van der Waals surface area contributed by atoms with Gasteiger partial charge in [-0.15, -0.1) is 0 Å². The van der Waals surface area contributed by atoms with E-state index in [0.717, 1.165) is 55.8 Å². The van der Waals surface area contributed by atoms with Crippen LogP contribution in [0.2, 0.25) is 0 Å². The Hall–Kier alpha value is -6.26. The first-order valence-corrected chi connectivity index (χ1v) is 16.7. The molecule has 1 aliphatic carbocycles. The van der Waals surface area contributed by atoms with Crippen molar-refractivity contribution in [3.8, 4) is 67.7 Å². The fourth-order valence-corrected chi connectivity index (χ4v) is 7.31. The van der Waals surface area contributed by atoms with Crippen molar-refractivity contribution in [3.05, 3.63) is 169 Å². The molecule has 8 aromatic rings. The molecule has 0 aliphatic heterocycles. The van der Waals surface area contributed by atoms with Crippen LogP contribution in [0.5, 0.6) is 0 Å². The Kier molecular flexibility index (Phi) is 6.77. The standard InChI is InChI=1S/C45H32N4/c1-45(2)37-22-11-9-18-33(37)34-20-13-21-36(41(34)45)42-35-19-10-12-23-38(35)46-44(49-42)32-26-24-30(25-27-32)40-28-39(29-14-5-3-6-15-29)47-43(48-40)31-16-7-4-8-17-31/h3-28H,1-2H3. The second-order valence-corrected chi connectivity index (χ2v) is 13.1. The highest BCUT2D eigenvalue weighted by Gasteiger charge is 2.37. The first-order chi connectivity index (χ1) is 24.0. The van der Waals surface area contributed by atoms with Crippen LogP contribution in [0, 0.1) is 0 Å². The van der Waals surface area contributed by atoms with Crippen molar-refractivity contribution in [2.75, 3.05) is 0 Å². The van der Waals surface area contributed by atoms with Crippen LogP contribution in [-0.4, -0.2) is 19.9 Å². The van der Waals surface area contributed by atoms with Gasteiger partial charge in [0.2, 0.25) is 0 Å². The number of aromatic nitrogens is 4. The molecule has 232 valence electrons. The molecule has 0 N–H and O–H groups in total. The summed E-state index contributed by atoms with van der Waals surface area (Å²) in [5.41, 5.74) is 13.8. The molecule has 4 heteroatoms. The van der Waals surface area contributed by atoms with Crippen molar-refractivity contribution in [2.45, 2.75) is 19.3 Å². The Balaban J connectivity index is 1.16. The molecule has 0 saturated carbocycles. The van der Waals surface area contributed by atoms with E-state index in [1.54, 1.807) is 0 Å². The maximum atomic E-state index is 5.32. The quantitative estimate of drug-likeness (QED) is 0.190. The lowest BCUT2D eigenvalue weighted by molar-refractivity contribution is 0.662. The highest BCUT2D eigenvalue weighted by molar-refractivity contribution is 5.98. The van der Waals surface area contributed by atoms with Gasteiger partial charge in [-0.05, 0) is 34.4 Å². The molecule has 0 saturated heterocycles. The Morgan fingerprint density at radius 1 is 0.408 bits per heavy atom. The first kappa shape index (κ1) is 28.9. The zero-order chi connectivity index (χ0) is 33.0. The molecule has 0 bridgehead atoms. The molecular formula is C45H32N4. The van der Waals surface area contributed by atoms with Crippen LogP contribution in [0.1, 0.15) is 25.0 Å². The molecule has 6 aromatic carbocycles. The molecule has 0 atom stereocenters. The smallest absolute Gasteiger partial charge is 0.160 e. The minimum atomic E-state index is -0.162. The van der Waals surface area contributed by atoms with Crippen LogP contribution >= 0.6 is 0 Å². The molecule has 4 nitrogen and oxygen atoms in total. The Bertz CT molecular complexity index is 2440. The molecule has 49 heavy (non-hydrogen) atoms. The van der Waals surface area contributed by atoms with Crippen LogP contribution in [0.15, 0.2) is 158 Å². The molecule has 0 spiro atoms. The summed E-state index contributed by atoms with van der Waals surface area (Å²) in [4.78, 5) is 20.4. The Morgan fingerprint density at radius 3 is 1.69 bits per heavy atom. The van der Waals surface area contributed by atoms with Crippen LogP contribution in [-0.2, 0) is 5.41 Å². The number of para-hydroxylation sites is 1. The lowest BCUT2D eigenvalue weighted by Gasteiger charge is -2.24. The monoisotopic (exact) mass is 628 g/mol. The second-order valence-electron chi connectivity index (χ2n) is 13.1. The zero-order valence-corrected chi connectivity index (χ0v) is 27.3. The average molecular weight is 629 g/mol. The number of hydrogen-bond acceptors (Lipinski definition) is 4. The third-order valence-electron chi connectivity index (χ3n) is 9.70. The van der Waals surface area contributed by atoms with E-state index in [0.29, 0.717) is 11.6 Å². The number of rotatable bonds is 5. The number of hydrogen-bond donors (Lipinski definition) is 0. The summed E-state index contributed by atoms with van der Waals surface area (Å²) in [6.07, 6.45) is 0. The summed E-state index contributed by atoms with van der Waals surface area (Å²) in [5, 5.41) is 1.05. The van der Waals surface area contributed by atoms with E-state index in [1.807, 2.05) is 54.6 Å². The largest absolute Gasteiger partial charge is 0.228 e. The second kappa shape index (κ2) is 11.5. The minimum absolute atomic E-state index is 0.162. The van der Waals surface area contributed by atoms with E-state index in [1.165, 1.54) is 22.3 Å². The van der Waals surface area contributed by atoms with Gasteiger partial charge in [-0.2, -0.15) is 0 Å². The van der Waals surface area contributed by atoms with Crippen molar-refractivity contribution in [2.24, 2.45) is 0 Å². The summed E-state index contributed by atoms with van der Waals surface area (Å²) in [6, 6.07) is 54.6. The number of benzene rings is 6. The highest BCUT2D eigenvalue weighted by Crippen LogP contribution is 2.52. The van der Waals surface area contributed by atoms with Gasteiger partial charge in [-0.25, -0.2) is 19.9 Å². The van der Waals surface area contributed by atoms with Crippen molar-refractivity contribution in [1.82, 2.24) is 19.9 Å². The van der Waals surface area contributed by atoms with E-state index in [-0.39, 0.29) is 5.41 Å². The predicted octanol–water partition coefficient (Wildman–Crippen LogP) is 11.1. The average Bonchev–Trinajstić information content (AvgIpc) is 3.41. The van der Waals surface area contributed by atoms with Crippen LogP contribution in [0.3, 0.4) is 0 Å². The molecule has 0 unspecified atom stereocenters. The van der Waals surface area contributed by atoms with Gasteiger partial charge in [0.05, 0.1) is 22.6 Å². The SMILES string of the molecule is CC1(C)c2ccccc2-c2cccc(-c3nc(-c4ccc(-c5cc(-c6ccccc6)nc(-c6ccccc6)n5)cc4)nc4ccccc34)c21. The Labute approximate surface area is 285 Å². The maximum Gasteiger partial charge on any atom is 0.160 e. The van der Waals surface area contributed by atoms with Gasteiger partial charge in [-0.1, -0.05) is 159 Å². The van der Waals surface area contributed by atoms with E-state index >= 15 is 0 Å². The number of nitrogens with zero attached hydrogens (tertiary/aromatic N) is 4. The van der Waals surface area contributed by atoms with Crippen molar-refractivity contribution < 1.29 is 0 Å². The molecule has 1 aliphatic rings. The van der Waals surface area contributed by atoms with Gasteiger partial charge < -0.3 is 0 Å². The summed E-state index contributed by atoms with van der Waals surface area (Å²) >= 11 is 0. The van der Waals surface area contributed by atoms with Gasteiger partial charge in [-0.3, -0.25) is 0 Å². The number of fused-ring (bicyclic) bond motifs is 4. The van der Waals surface area contributed by atoms with E-state index in [2.05, 4.69) is 117 Å². The summed E-state index contributed by atoms with van der Waals surface area (Å²) in [5.74, 6) is 1.40. The van der Waals surface area contributed by atoms with Crippen molar-refractivity contribution in [3.63, 3.8) is 0 Å². The molecular weight excluding hydrogens is 597 g/mol. The lowest BCUT2D eigenvalue weighted by Crippen LogP contribution is -2.16. The maximum absolute atomic E-state index is 5.32. The molecule has 0 amide bonds. The fourth-order valence-electron chi connectivity index (χ4n) is 7.31. The third kappa shape index (κ3) is 4.92. The minimum Gasteiger partial charge on any atom is -0.228 e. The fraction of sp³-hybridized carbons (Fsp3) is 0.0667. The predicted molar refractivity (Wildman–Crippen MR) is 200 cm³/mol. The third-order valence-corrected chi connectivity index (χ3v) is 9.70. The zero-order valence-electron chi connectivity index (χ0n) is 27.3.